The van der Waals surface area contributed by atoms with E-state index in [1.807, 2.05) is 30.3 Å². The molecule has 0 radical (unpaired) electrons. The highest BCUT2D eigenvalue weighted by molar-refractivity contribution is 7.07. The second kappa shape index (κ2) is 12.6. The Morgan fingerprint density at radius 3 is 2.51 bits per heavy atom. The summed E-state index contributed by atoms with van der Waals surface area (Å²) in [6.07, 6.45) is 1.42. The van der Waals surface area contributed by atoms with Crippen molar-refractivity contribution in [2.24, 2.45) is 4.99 Å². The average Bonchev–Trinajstić information content (AvgIpc) is 3.30. The van der Waals surface area contributed by atoms with Gasteiger partial charge in [-0.05, 0) is 49.2 Å². The summed E-state index contributed by atoms with van der Waals surface area (Å²) in [5.41, 5.74) is 1.52. The van der Waals surface area contributed by atoms with E-state index in [0.717, 1.165) is 16.9 Å². The Kier molecular flexibility index (Phi) is 8.74. The summed E-state index contributed by atoms with van der Waals surface area (Å²) in [6, 6.07) is 18.1. The molecule has 220 valence electrons. The van der Waals surface area contributed by atoms with Gasteiger partial charge in [0.1, 0.15) is 6.61 Å². The van der Waals surface area contributed by atoms with Gasteiger partial charge in [-0.3, -0.25) is 19.5 Å². The van der Waals surface area contributed by atoms with Crippen molar-refractivity contribution in [3.8, 4) is 11.5 Å². The lowest BCUT2D eigenvalue weighted by Gasteiger charge is -2.24. The fraction of sp³-hybridized carbons (Fsp3) is 0.194. The number of hydrogen-bond donors (Lipinski definition) is 0. The number of allylic oxidation sites excluding steroid dienone is 1. The normalized spacial score (nSPS) is 14.6. The Balaban J connectivity index is 1.64. The van der Waals surface area contributed by atoms with Crippen LogP contribution in [-0.4, -0.2) is 29.2 Å². The lowest BCUT2D eigenvalue weighted by Crippen LogP contribution is -2.39. The van der Waals surface area contributed by atoms with Crippen LogP contribution in [0.25, 0.3) is 6.08 Å². The molecule has 0 amide bonds. The minimum atomic E-state index is -0.840. The molecule has 0 saturated heterocycles. The summed E-state index contributed by atoms with van der Waals surface area (Å²) in [7, 11) is 1.43. The first-order valence-corrected chi connectivity index (χ1v) is 14.4. The highest BCUT2D eigenvalue weighted by Crippen LogP contribution is 2.36. The summed E-state index contributed by atoms with van der Waals surface area (Å²) in [5, 5.41) is 12.6. The average molecular weight is 620 g/mol. The van der Waals surface area contributed by atoms with Gasteiger partial charge in [0.05, 0.1) is 52.1 Å². The third-order valence-corrected chi connectivity index (χ3v) is 7.97. The standard InChI is InChI=1S/C31H26ClN3O7S/c1-4-41-30(37)27-18(2)33-31-34(28(27)20-10-12-22(32)13-11-20)29(36)26(43-31)15-21-14-24(40-3)25(16-23(21)35(38)39)42-17-19-8-6-5-7-9-19/h5-16,28H,4,17H2,1-3H3/b26-15+/t28-/m1/s1. The van der Waals surface area contributed by atoms with Gasteiger partial charge in [0.2, 0.25) is 0 Å². The molecule has 10 nitrogen and oxygen atoms in total. The molecule has 12 heteroatoms. The largest absolute Gasteiger partial charge is 0.493 e. The number of aromatic nitrogens is 1. The molecule has 1 atom stereocenters. The smallest absolute Gasteiger partial charge is 0.338 e. The molecule has 0 N–H and O–H groups in total. The van der Waals surface area contributed by atoms with Crippen molar-refractivity contribution in [2.45, 2.75) is 26.5 Å². The molecule has 4 aromatic rings. The van der Waals surface area contributed by atoms with Gasteiger partial charge in [0.25, 0.3) is 11.2 Å². The van der Waals surface area contributed by atoms with E-state index in [4.69, 9.17) is 25.8 Å². The second-order valence-electron chi connectivity index (χ2n) is 9.45. The van der Waals surface area contributed by atoms with Crippen LogP contribution in [0.1, 0.15) is 36.6 Å². The van der Waals surface area contributed by atoms with Crippen molar-refractivity contribution < 1.29 is 23.9 Å². The van der Waals surface area contributed by atoms with Gasteiger partial charge in [0, 0.05) is 5.02 Å². The number of ether oxygens (including phenoxy) is 3. The zero-order chi connectivity index (χ0) is 30.7. The Hall–Kier alpha value is -4.74. The summed E-state index contributed by atoms with van der Waals surface area (Å²) in [4.78, 5) is 43.4. The maximum absolute atomic E-state index is 13.9. The number of rotatable bonds is 9. The van der Waals surface area contributed by atoms with Crippen LogP contribution in [0.2, 0.25) is 5.02 Å². The number of nitro groups is 1. The fourth-order valence-corrected chi connectivity index (χ4v) is 5.90. The van der Waals surface area contributed by atoms with Crippen LogP contribution in [0.15, 0.2) is 87.8 Å². The number of halogens is 1. The summed E-state index contributed by atoms with van der Waals surface area (Å²) in [6.45, 7) is 3.69. The number of nitrogens with zero attached hydrogens (tertiary/aromatic N) is 3. The Morgan fingerprint density at radius 1 is 1.14 bits per heavy atom. The van der Waals surface area contributed by atoms with Gasteiger partial charge in [-0.1, -0.05) is 65.4 Å². The monoisotopic (exact) mass is 619 g/mol. The van der Waals surface area contributed by atoms with Crippen LogP contribution in [-0.2, 0) is 16.1 Å². The topological polar surface area (TPSA) is 122 Å². The Bertz CT molecular complexity index is 1920. The molecule has 0 bridgehead atoms. The molecule has 0 fully saturated rings. The van der Waals surface area contributed by atoms with Crippen LogP contribution < -0.4 is 24.4 Å². The first kappa shape index (κ1) is 29.7. The van der Waals surface area contributed by atoms with Crippen molar-refractivity contribution in [3.05, 3.63) is 130 Å². The van der Waals surface area contributed by atoms with Gasteiger partial charge in [-0.2, -0.15) is 0 Å². The summed E-state index contributed by atoms with van der Waals surface area (Å²) >= 11 is 7.17. The zero-order valence-corrected chi connectivity index (χ0v) is 25.0. The van der Waals surface area contributed by atoms with E-state index < -0.39 is 22.5 Å². The van der Waals surface area contributed by atoms with E-state index in [9.17, 15) is 19.7 Å². The second-order valence-corrected chi connectivity index (χ2v) is 10.9. The molecule has 1 aliphatic rings. The van der Waals surface area contributed by atoms with Gasteiger partial charge < -0.3 is 14.2 Å². The molecule has 0 spiro atoms. The molecule has 5 rings (SSSR count). The predicted octanol–water partition coefficient (Wildman–Crippen LogP) is 4.95. The number of carbonyl (C=O) groups excluding carboxylic acids is 1. The quantitative estimate of drug-likeness (QED) is 0.148. The van der Waals surface area contributed by atoms with Crippen LogP contribution >= 0.6 is 22.9 Å². The third-order valence-electron chi connectivity index (χ3n) is 6.74. The van der Waals surface area contributed by atoms with Crippen LogP contribution in [0, 0.1) is 10.1 Å². The van der Waals surface area contributed by atoms with Gasteiger partial charge in [-0.25, -0.2) is 9.79 Å². The van der Waals surface area contributed by atoms with Crippen molar-refractivity contribution in [3.63, 3.8) is 0 Å². The van der Waals surface area contributed by atoms with E-state index in [2.05, 4.69) is 4.99 Å². The maximum atomic E-state index is 13.9. The molecule has 1 aliphatic heterocycles. The lowest BCUT2D eigenvalue weighted by molar-refractivity contribution is -0.385. The van der Waals surface area contributed by atoms with E-state index in [-0.39, 0.29) is 46.1 Å². The Labute approximate surface area is 254 Å². The third kappa shape index (κ3) is 6.08. The highest BCUT2D eigenvalue weighted by atomic mass is 35.5. The van der Waals surface area contributed by atoms with Crippen LogP contribution in [0.5, 0.6) is 11.5 Å². The molecule has 43 heavy (non-hydrogen) atoms. The number of methoxy groups -OCH3 is 1. The van der Waals surface area contributed by atoms with Gasteiger partial charge in [-0.15, -0.1) is 0 Å². The van der Waals surface area contributed by atoms with Crippen molar-refractivity contribution in [2.75, 3.05) is 13.7 Å². The predicted molar refractivity (Wildman–Crippen MR) is 162 cm³/mol. The molecular formula is C31H26ClN3O7S. The number of fused-ring (bicyclic) bond motifs is 1. The van der Waals surface area contributed by atoms with Gasteiger partial charge in [0.15, 0.2) is 16.3 Å². The zero-order valence-electron chi connectivity index (χ0n) is 23.4. The van der Waals surface area contributed by atoms with Gasteiger partial charge >= 0.3 is 5.97 Å². The highest BCUT2D eigenvalue weighted by Gasteiger charge is 2.33. The van der Waals surface area contributed by atoms with Crippen LogP contribution in [0.4, 0.5) is 5.69 Å². The lowest BCUT2D eigenvalue weighted by atomic mass is 9.96. The number of hydrogen-bond acceptors (Lipinski definition) is 9. The minimum Gasteiger partial charge on any atom is -0.493 e. The molecule has 0 aliphatic carbocycles. The van der Waals surface area contributed by atoms with E-state index in [0.29, 0.717) is 21.1 Å². The summed E-state index contributed by atoms with van der Waals surface area (Å²) < 4.78 is 18.2. The first-order chi connectivity index (χ1) is 20.7. The molecule has 0 unspecified atom stereocenters. The molecule has 3 aromatic carbocycles. The number of carbonyl (C=O) groups is 1. The molecule has 2 heterocycles. The molecule has 1 aromatic heterocycles. The van der Waals surface area contributed by atoms with Crippen molar-refractivity contribution in [1.29, 1.82) is 0 Å². The number of benzene rings is 3. The summed E-state index contributed by atoms with van der Waals surface area (Å²) in [5.74, 6) is -0.140. The molecular weight excluding hydrogens is 594 g/mol. The maximum Gasteiger partial charge on any atom is 0.338 e. The van der Waals surface area contributed by atoms with Crippen LogP contribution in [0.3, 0.4) is 0 Å². The Morgan fingerprint density at radius 2 is 1.86 bits per heavy atom. The van der Waals surface area contributed by atoms with Crippen molar-refractivity contribution >= 4 is 40.7 Å². The van der Waals surface area contributed by atoms with E-state index in [1.54, 1.807) is 38.1 Å². The number of esters is 1. The van der Waals surface area contributed by atoms with E-state index >= 15 is 0 Å². The van der Waals surface area contributed by atoms with E-state index in [1.165, 1.54) is 29.9 Å². The number of nitro benzene ring substituents is 1. The fourth-order valence-electron chi connectivity index (χ4n) is 4.74. The minimum absolute atomic E-state index is 0.142. The number of thiazole rings is 1. The SMILES string of the molecule is CCOC(=O)C1=C(C)N=c2s/c(=C/c3cc(OC)c(OCc4ccccc4)cc3[N+](=O)[O-])c(=O)n2[C@@H]1c1ccc(Cl)cc1. The first-order valence-electron chi connectivity index (χ1n) is 13.2. The molecule has 0 saturated carbocycles. The van der Waals surface area contributed by atoms with Crippen molar-refractivity contribution in [1.82, 2.24) is 4.57 Å².